The third-order valence-corrected chi connectivity index (χ3v) is 8.39. The first kappa shape index (κ1) is 27.6. The summed E-state index contributed by atoms with van der Waals surface area (Å²) in [5.74, 6) is 3.98. The second-order valence-corrected chi connectivity index (χ2v) is 10.6. The van der Waals surface area contributed by atoms with E-state index in [2.05, 4.69) is 20.4 Å². The van der Waals surface area contributed by atoms with E-state index < -0.39 is 29.2 Å². The highest BCUT2D eigenvalue weighted by Crippen LogP contribution is 2.41. The SMILES string of the molecule is CCO/N=C(\C(=O)NC1C(=O)N2C(C(=O)O)=C(CSc3nccc[n+]3N(N)CN)CSC12)c1csc(N)n1. The van der Waals surface area contributed by atoms with Crippen molar-refractivity contribution in [3.05, 3.63) is 40.8 Å². The first-order valence-corrected chi connectivity index (χ1v) is 14.0. The number of carboxylic acids is 1. The predicted octanol–water partition coefficient (Wildman–Crippen LogP) is -1.59. The molecule has 4 rings (SSSR count). The van der Waals surface area contributed by atoms with Crippen LogP contribution in [0.2, 0.25) is 0 Å². The zero-order valence-corrected chi connectivity index (χ0v) is 22.5. The number of hydrogen-bond donors (Lipinski definition) is 5. The Labute approximate surface area is 229 Å². The lowest BCUT2D eigenvalue weighted by Gasteiger charge is -2.49. The first-order chi connectivity index (χ1) is 18.3. The average molecular weight is 582 g/mol. The summed E-state index contributed by atoms with van der Waals surface area (Å²) >= 11 is 3.73. The summed E-state index contributed by atoms with van der Waals surface area (Å²) in [5.41, 5.74) is 11.8. The Balaban J connectivity index is 1.50. The number of hydrazine groups is 1. The summed E-state index contributed by atoms with van der Waals surface area (Å²) in [6.45, 7) is 1.95. The van der Waals surface area contributed by atoms with Crippen molar-refractivity contribution in [1.82, 2.24) is 20.2 Å². The summed E-state index contributed by atoms with van der Waals surface area (Å²) in [4.78, 5) is 52.8. The second-order valence-electron chi connectivity index (χ2n) is 7.70. The number of hydrogen-bond acceptors (Lipinski definition) is 14. The molecular weight excluding hydrogens is 556 g/mol. The molecule has 15 nitrogen and oxygen atoms in total. The van der Waals surface area contributed by atoms with Gasteiger partial charge in [0.1, 0.15) is 48.5 Å². The van der Waals surface area contributed by atoms with Gasteiger partial charge in [0.25, 0.3) is 11.8 Å². The van der Waals surface area contributed by atoms with E-state index in [1.165, 1.54) is 33.5 Å². The van der Waals surface area contributed by atoms with Crippen molar-refractivity contribution >= 4 is 63.5 Å². The smallest absolute Gasteiger partial charge is 0.384 e. The van der Waals surface area contributed by atoms with E-state index in [0.717, 1.165) is 11.3 Å². The quantitative estimate of drug-likeness (QED) is 0.0296. The number of nitrogens with two attached hydrogens (primary N) is 3. The van der Waals surface area contributed by atoms with Gasteiger partial charge in [-0.3, -0.25) is 14.5 Å². The standard InChI is InChI=1S/C20H24N10O5S3/c1-2-35-27-12(11-8-37-19(22)25-11)15(31)26-13-16(32)30-14(18(33)34)10(6-36-17(13)30)7-38-20-24-4-3-5-28(20)29(23)9-21/h3-5,8,13,17H,2,6-7,9,21,23H2,1H3,(H3-,22,25,26,31,33,34)/p+1/b27-12-. The summed E-state index contributed by atoms with van der Waals surface area (Å²) in [6.07, 6.45) is 3.26. The van der Waals surface area contributed by atoms with Crippen molar-refractivity contribution in [2.45, 2.75) is 23.5 Å². The monoisotopic (exact) mass is 581 g/mol. The number of aromatic nitrogens is 3. The van der Waals surface area contributed by atoms with Crippen molar-refractivity contribution < 1.29 is 29.0 Å². The minimum atomic E-state index is -1.24. The second kappa shape index (κ2) is 11.9. The fraction of sp³-hybridized carbons (Fsp3) is 0.350. The number of oxime groups is 1. The van der Waals surface area contributed by atoms with Gasteiger partial charge in [-0.25, -0.2) is 15.6 Å². The van der Waals surface area contributed by atoms with Crippen molar-refractivity contribution in [2.75, 3.05) is 35.6 Å². The first-order valence-electron chi connectivity index (χ1n) is 11.1. The molecule has 8 N–H and O–H groups in total. The number of nitrogen functional groups attached to an aromatic ring is 1. The maximum Gasteiger partial charge on any atom is 0.384 e. The van der Waals surface area contributed by atoms with Gasteiger partial charge in [-0.05, 0) is 29.2 Å². The Hall–Kier alpha value is -3.45. The highest BCUT2D eigenvalue weighted by atomic mass is 32.2. The molecule has 2 aliphatic rings. The molecule has 0 saturated carbocycles. The number of rotatable bonds is 11. The van der Waals surface area contributed by atoms with Crippen LogP contribution in [0.4, 0.5) is 5.13 Å². The van der Waals surface area contributed by atoms with Crippen LogP contribution < -0.4 is 32.4 Å². The highest BCUT2D eigenvalue weighted by molar-refractivity contribution is 8.01. The Morgan fingerprint density at radius 2 is 2.26 bits per heavy atom. The number of nitrogens with one attached hydrogen (secondary N) is 1. The van der Waals surface area contributed by atoms with Crippen LogP contribution in [-0.4, -0.2) is 79.7 Å². The molecule has 1 saturated heterocycles. The van der Waals surface area contributed by atoms with E-state index in [0.29, 0.717) is 16.5 Å². The number of nitrogens with zero attached hydrogens (tertiary/aromatic N) is 6. The Morgan fingerprint density at radius 1 is 1.47 bits per heavy atom. The van der Waals surface area contributed by atoms with Gasteiger partial charge in [0.15, 0.2) is 10.8 Å². The van der Waals surface area contributed by atoms with Crippen LogP contribution in [0.1, 0.15) is 12.6 Å². The summed E-state index contributed by atoms with van der Waals surface area (Å²) < 4.78 is 1.54. The van der Waals surface area contributed by atoms with Gasteiger partial charge < -0.3 is 26.7 Å². The van der Waals surface area contributed by atoms with E-state index in [1.54, 1.807) is 35.4 Å². The van der Waals surface area contributed by atoms with E-state index in [1.807, 2.05) is 0 Å². The molecule has 0 aromatic carbocycles. The third kappa shape index (κ3) is 5.53. The normalized spacial score (nSPS) is 19.1. The molecule has 1 fully saturated rings. The third-order valence-electron chi connectivity index (χ3n) is 5.33. The number of anilines is 1. The molecule has 0 radical (unpaired) electrons. The lowest BCUT2D eigenvalue weighted by atomic mass is 10.0. The molecule has 0 bridgehead atoms. The molecule has 2 aliphatic heterocycles. The number of carbonyl (C=O) groups is 3. The molecule has 38 heavy (non-hydrogen) atoms. The Morgan fingerprint density at radius 3 is 2.92 bits per heavy atom. The maximum atomic E-state index is 13.1. The van der Waals surface area contributed by atoms with Crippen LogP contribution in [0.3, 0.4) is 0 Å². The van der Waals surface area contributed by atoms with Crippen molar-refractivity contribution in [1.29, 1.82) is 0 Å². The number of fused-ring (bicyclic) bond motifs is 1. The zero-order chi connectivity index (χ0) is 27.4. The highest BCUT2D eigenvalue weighted by Gasteiger charge is 2.54. The van der Waals surface area contributed by atoms with Crippen molar-refractivity contribution in [3.63, 3.8) is 0 Å². The summed E-state index contributed by atoms with van der Waals surface area (Å²) in [5, 5.41) is 19.4. The van der Waals surface area contributed by atoms with E-state index in [9.17, 15) is 19.5 Å². The van der Waals surface area contributed by atoms with Gasteiger partial charge in [-0.2, -0.15) is 5.12 Å². The number of thiazole rings is 1. The number of amides is 2. The van der Waals surface area contributed by atoms with Gasteiger partial charge in [0.2, 0.25) is 0 Å². The van der Waals surface area contributed by atoms with Gasteiger partial charge in [0.05, 0.1) is 0 Å². The fourth-order valence-corrected chi connectivity index (χ4v) is 6.62. The molecule has 0 aliphatic carbocycles. The number of carbonyl (C=O) groups excluding carboxylic acids is 2. The number of thioether (sulfide) groups is 2. The van der Waals surface area contributed by atoms with Gasteiger partial charge in [-0.1, -0.05) is 5.16 Å². The molecule has 2 unspecified atom stereocenters. The maximum absolute atomic E-state index is 13.1. The summed E-state index contributed by atoms with van der Waals surface area (Å²) in [7, 11) is 0. The molecular formula is C20H25N10O5S3+. The van der Waals surface area contributed by atoms with Gasteiger partial charge in [-0.15, -0.1) is 27.8 Å². The average Bonchev–Trinajstić information content (AvgIpc) is 3.35. The van der Waals surface area contributed by atoms with E-state index in [-0.39, 0.29) is 41.3 Å². The van der Waals surface area contributed by atoms with E-state index in [4.69, 9.17) is 22.1 Å². The van der Waals surface area contributed by atoms with Gasteiger partial charge in [0, 0.05) is 23.0 Å². The zero-order valence-electron chi connectivity index (χ0n) is 20.0. The van der Waals surface area contributed by atoms with Crippen LogP contribution in [0.25, 0.3) is 0 Å². The fourth-order valence-electron chi connectivity index (χ4n) is 3.62. The Kier molecular flexibility index (Phi) is 8.67. The largest absolute Gasteiger partial charge is 0.477 e. The van der Waals surface area contributed by atoms with Crippen LogP contribution in [0.5, 0.6) is 0 Å². The van der Waals surface area contributed by atoms with Crippen LogP contribution in [0.15, 0.2) is 45.4 Å². The van der Waals surface area contributed by atoms with Crippen LogP contribution >= 0.6 is 34.9 Å². The van der Waals surface area contributed by atoms with Crippen LogP contribution in [-0.2, 0) is 19.2 Å². The minimum Gasteiger partial charge on any atom is -0.477 e. The molecule has 2 aromatic rings. The molecule has 2 atom stereocenters. The topological polar surface area (TPSA) is 219 Å². The number of aliphatic carboxylic acids is 1. The Bertz CT molecular complexity index is 1300. The summed E-state index contributed by atoms with van der Waals surface area (Å²) in [6, 6.07) is 0.732. The molecule has 4 heterocycles. The van der Waals surface area contributed by atoms with E-state index >= 15 is 0 Å². The lowest BCUT2D eigenvalue weighted by Crippen LogP contribution is -2.71. The number of β-lactam (4-membered cyclic amide) rings is 1. The van der Waals surface area contributed by atoms with Gasteiger partial charge >= 0.3 is 11.1 Å². The predicted molar refractivity (Wildman–Crippen MR) is 141 cm³/mol. The van der Waals surface area contributed by atoms with Crippen molar-refractivity contribution in [2.24, 2.45) is 16.7 Å². The lowest BCUT2D eigenvalue weighted by molar-refractivity contribution is -0.734. The molecule has 2 amide bonds. The number of carboxylic acid groups (broad SMARTS) is 1. The molecule has 202 valence electrons. The molecule has 0 spiro atoms. The molecule has 2 aromatic heterocycles. The minimum absolute atomic E-state index is 0.0345. The van der Waals surface area contributed by atoms with Crippen molar-refractivity contribution in [3.8, 4) is 0 Å². The molecule has 18 heteroatoms. The van der Waals surface area contributed by atoms with Crippen LogP contribution in [0, 0.1) is 0 Å².